The summed E-state index contributed by atoms with van der Waals surface area (Å²) < 4.78 is 0. The molecule has 0 saturated carbocycles. The summed E-state index contributed by atoms with van der Waals surface area (Å²) in [6, 6.07) is 14.4. The van der Waals surface area contributed by atoms with Gasteiger partial charge in [-0.2, -0.15) is 10.5 Å². The zero-order valence-electron chi connectivity index (χ0n) is 8.31. The molecule has 2 rings (SSSR count). The molecule has 73 valence electrons. The zero-order chi connectivity index (χ0) is 11.4. The van der Waals surface area contributed by atoms with Gasteiger partial charge in [0.15, 0.2) is 0 Å². The van der Waals surface area contributed by atoms with Gasteiger partial charge in [-0.1, -0.05) is 12.1 Å². The topological polar surface area (TPSA) is 60.5 Å². The Bertz CT molecular complexity index is 557. The number of aromatic nitrogens is 1. The minimum atomic E-state index is 0.450. The SMILES string of the molecule is N#Cc1cccc(C#N)c1-c1ccc[c]n1. The van der Waals surface area contributed by atoms with Crippen molar-refractivity contribution < 1.29 is 0 Å². The second kappa shape index (κ2) is 4.25. The fraction of sp³-hybridized carbons (Fsp3) is 0. The summed E-state index contributed by atoms with van der Waals surface area (Å²) in [6.45, 7) is 0. The highest BCUT2D eigenvalue weighted by molar-refractivity contribution is 5.73. The first-order chi connectivity index (χ1) is 7.86. The van der Waals surface area contributed by atoms with Gasteiger partial charge in [0, 0.05) is 5.56 Å². The standard InChI is InChI=1S/C13H6N3/c14-8-10-4-3-5-11(9-15)13(10)12-6-1-2-7-16-12/h1-6H. The molecule has 0 saturated heterocycles. The molecule has 1 aromatic carbocycles. The van der Waals surface area contributed by atoms with Crippen LogP contribution in [0.25, 0.3) is 11.3 Å². The van der Waals surface area contributed by atoms with E-state index in [1.807, 2.05) is 0 Å². The maximum absolute atomic E-state index is 9.00. The van der Waals surface area contributed by atoms with Gasteiger partial charge in [-0.3, -0.25) is 0 Å². The smallest absolute Gasteiger partial charge is 0.0999 e. The minimum Gasteiger partial charge on any atom is -0.246 e. The number of nitriles is 2. The van der Waals surface area contributed by atoms with E-state index in [-0.39, 0.29) is 0 Å². The van der Waals surface area contributed by atoms with E-state index < -0.39 is 0 Å². The summed E-state index contributed by atoms with van der Waals surface area (Å²) in [6.07, 6.45) is 2.69. The van der Waals surface area contributed by atoms with E-state index in [1.54, 1.807) is 36.4 Å². The van der Waals surface area contributed by atoms with Crippen LogP contribution in [0, 0.1) is 28.9 Å². The molecule has 0 unspecified atom stereocenters. The molecule has 1 aromatic heterocycles. The number of benzene rings is 1. The van der Waals surface area contributed by atoms with Crippen LogP contribution in [-0.4, -0.2) is 4.98 Å². The highest BCUT2D eigenvalue weighted by Crippen LogP contribution is 2.24. The Morgan fingerprint density at radius 1 is 1.00 bits per heavy atom. The van der Waals surface area contributed by atoms with Crippen molar-refractivity contribution >= 4 is 0 Å². The van der Waals surface area contributed by atoms with Crippen molar-refractivity contribution in [1.29, 1.82) is 10.5 Å². The monoisotopic (exact) mass is 204 g/mol. The average molecular weight is 204 g/mol. The molecule has 0 fully saturated rings. The highest BCUT2D eigenvalue weighted by atomic mass is 14.7. The lowest BCUT2D eigenvalue weighted by Gasteiger charge is -2.04. The molecule has 0 aliphatic carbocycles. The van der Waals surface area contributed by atoms with Crippen LogP contribution in [0.4, 0.5) is 0 Å². The van der Waals surface area contributed by atoms with Crippen LogP contribution >= 0.6 is 0 Å². The van der Waals surface area contributed by atoms with E-state index in [0.717, 1.165) is 0 Å². The summed E-state index contributed by atoms with van der Waals surface area (Å²) in [4.78, 5) is 4.04. The van der Waals surface area contributed by atoms with Gasteiger partial charge in [0.2, 0.25) is 0 Å². The Morgan fingerprint density at radius 3 is 2.19 bits per heavy atom. The maximum atomic E-state index is 9.00. The summed E-state index contributed by atoms with van der Waals surface area (Å²) in [7, 11) is 0. The van der Waals surface area contributed by atoms with Crippen molar-refractivity contribution in [3.8, 4) is 23.4 Å². The Balaban J connectivity index is 2.74. The summed E-state index contributed by atoms with van der Waals surface area (Å²) in [5.74, 6) is 0. The van der Waals surface area contributed by atoms with Gasteiger partial charge in [0.05, 0.1) is 35.2 Å². The van der Waals surface area contributed by atoms with E-state index in [1.165, 1.54) is 0 Å². The summed E-state index contributed by atoms with van der Waals surface area (Å²) in [5, 5.41) is 18.0. The molecule has 1 radical (unpaired) electrons. The maximum Gasteiger partial charge on any atom is 0.0999 e. The number of pyridine rings is 1. The molecule has 0 bridgehead atoms. The van der Waals surface area contributed by atoms with Gasteiger partial charge in [0.1, 0.15) is 0 Å². The van der Waals surface area contributed by atoms with Gasteiger partial charge in [0.25, 0.3) is 0 Å². The van der Waals surface area contributed by atoms with E-state index >= 15 is 0 Å². The molecule has 0 N–H and O–H groups in total. The van der Waals surface area contributed by atoms with Crippen LogP contribution in [0.3, 0.4) is 0 Å². The van der Waals surface area contributed by atoms with Crippen molar-refractivity contribution in [3.05, 3.63) is 53.7 Å². The number of nitrogens with zero attached hydrogens (tertiary/aromatic N) is 3. The Hall–Kier alpha value is -2.65. The van der Waals surface area contributed by atoms with Crippen molar-refractivity contribution in [2.75, 3.05) is 0 Å². The van der Waals surface area contributed by atoms with Crippen LogP contribution in [0.1, 0.15) is 11.1 Å². The van der Waals surface area contributed by atoms with Gasteiger partial charge in [-0.05, 0) is 24.3 Å². The molecular formula is C13H6N3. The molecule has 3 heteroatoms. The Morgan fingerprint density at radius 2 is 1.69 bits per heavy atom. The molecule has 0 atom stereocenters. The van der Waals surface area contributed by atoms with E-state index in [0.29, 0.717) is 22.4 Å². The lowest BCUT2D eigenvalue weighted by atomic mass is 9.99. The van der Waals surface area contributed by atoms with Crippen LogP contribution < -0.4 is 0 Å². The van der Waals surface area contributed by atoms with Crippen LogP contribution in [0.5, 0.6) is 0 Å². The number of hydrogen-bond acceptors (Lipinski definition) is 3. The molecule has 0 aliphatic rings. The summed E-state index contributed by atoms with van der Waals surface area (Å²) in [5.41, 5.74) is 2.07. The fourth-order valence-electron chi connectivity index (χ4n) is 1.48. The Kier molecular flexibility index (Phi) is 2.63. The van der Waals surface area contributed by atoms with Crippen molar-refractivity contribution in [2.45, 2.75) is 0 Å². The fourth-order valence-corrected chi connectivity index (χ4v) is 1.48. The van der Waals surface area contributed by atoms with Gasteiger partial charge in [-0.15, -0.1) is 0 Å². The predicted octanol–water partition coefficient (Wildman–Crippen LogP) is 2.29. The van der Waals surface area contributed by atoms with Gasteiger partial charge in [-0.25, -0.2) is 4.98 Å². The van der Waals surface area contributed by atoms with Crippen LogP contribution in [0.15, 0.2) is 36.4 Å². The third kappa shape index (κ3) is 1.63. The van der Waals surface area contributed by atoms with Crippen molar-refractivity contribution in [3.63, 3.8) is 0 Å². The molecule has 1 heterocycles. The first-order valence-electron chi connectivity index (χ1n) is 4.63. The van der Waals surface area contributed by atoms with Gasteiger partial charge < -0.3 is 0 Å². The van der Waals surface area contributed by atoms with E-state index in [9.17, 15) is 0 Å². The largest absolute Gasteiger partial charge is 0.246 e. The van der Waals surface area contributed by atoms with Crippen molar-refractivity contribution in [1.82, 2.24) is 4.98 Å². The normalized spacial score (nSPS) is 9.12. The minimum absolute atomic E-state index is 0.450. The van der Waals surface area contributed by atoms with E-state index in [2.05, 4.69) is 23.3 Å². The number of hydrogen-bond donors (Lipinski definition) is 0. The average Bonchev–Trinajstić information content (AvgIpc) is 2.38. The first kappa shape index (κ1) is 9.89. The number of rotatable bonds is 1. The summed E-state index contributed by atoms with van der Waals surface area (Å²) >= 11 is 0. The lowest BCUT2D eigenvalue weighted by Crippen LogP contribution is -1.91. The molecule has 0 amide bonds. The second-order valence-corrected chi connectivity index (χ2v) is 3.10. The van der Waals surface area contributed by atoms with Crippen LogP contribution in [0.2, 0.25) is 0 Å². The first-order valence-corrected chi connectivity index (χ1v) is 4.63. The molecule has 16 heavy (non-hydrogen) atoms. The van der Waals surface area contributed by atoms with Gasteiger partial charge >= 0.3 is 0 Å². The van der Waals surface area contributed by atoms with E-state index in [4.69, 9.17) is 10.5 Å². The quantitative estimate of drug-likeness (QED) is 0.716. The molecule has 0 spiro atoms. The zero-order valence-corrected chi connectivity index (χ0v) is 8.31. The molecule has 3 nitrogen and oxygen atoms in total. The molecule has 0 aliphatic heterocycles. The molecule has 2 aromatic rings. The third-order valence-electron chi connectivity index (χ3n) is 2.17. The lowest BCUT2D eigenvalue weighted by molar-refractivity contribution is 1.30. The van der Waals surface area contributed by atoms with Crippen molar-refractivity contribution in [2.24, 2.45) is 0 Å². The molecular weight excluding hydrogens is 198 g/mol. The predicted molar refractivity (Wildman–Crippen MR) is 57.9 cm³/mol. The Labute approximate surface area is 93.2 Å². The third-order valence-corrected chi connectivity index (χ3v) is 2.17. The van der Waals surface area contributed by atoms with Crippen LogP contribution in [-0.2, 0) is 0 Å². The highest BCUT2D eigenvalue weighted by Gasteiger charge is 2.10. The second-order valence-electron chi connectivity index (χ2n) is 3.10.